The lowest BCUT2D eigenvalue weighted by atomic mass is 10.3. The Labute approximate surface area is 121 Å². The van der Waals surface area contributed by atoms with Crippen molar-refractivity contribution >= 4 is 16.3 Å². The van der Waals surface area contributed by atoms with E-state index >= 15 is 0 Å². The minimum Gasteiger partial charge on any atom is -0.395 e. The molecule has 2 heterocycles. The van der Waals surface area contributed by atoms with Gasteiger partial charge in [-0.3, -0.25) is 9.69 Å². The number of hydrogen-bond donors (Lipinski definition) is 1. The van der Waals surface area contributed by atoms with Crippen molar-refractivity contribution in [3.63, 3.8) is 0 Å². The van der Waals surface area contributed by atoms with Gasteiger partial charge < -0.3 is 5.11 Å². The summed E-state index contributed by atoms with van der Waals surface area (Å²) >= 11 is 1.45. The Bertz CT molecular complexity index is 616. The average Bonchev–Trinajstić information content (AvgIpc) is 2.83. The molecule has 0 atom stereocenters. The molecule has 0 radical (unpaired) electrons. The molecule has 110 valence electrons. The van der Waals surface area contributed by atoms with E-state index in [0.717, 1.165) is 30.1 Å². The molecule has 0 amide bonds. The lowest BCUT2D eigenvalue weighted by Crippen LogP contribution is -2.28. The molecule has 6 nitrogen and oxygen atoms in total. The number of aliphatic hydroxyl groups is 1. The van der Waals surface area contributed by atoms with Crippen LogP contribution in [-0.2, 0) is 13.0 Å². The molecule has 2 aromatic heterocycles. The second-order valence-corrected chi connectivity index (χ2v) is 5.67. The molecule has 0 aromatic carbocycles. The second-order valence-electron chi connectivity index (χ2n) is 4.63. The Kier molecular flexibility index (Phi) is 5.22. The van der Waals surface area contributed by atoms with Crippen LogP contribution in [0.3, 0.4) is 0 Å². The van der Waals surface area contributed by atoms with E-state index in [1.54, 1.807) is 0 Å². The lowest BCUT2D eigenvalue weighted by Gasteiger charge is -2.19. The molecule has 0 unspecified atom stereocenters. The van der Waals surface area contributed by atoms with E-state index in [9.17, 15) is 4.79 Å². The van der Waals surface area contributed by atoms with Gasteiger partial charge in [0.15, 0.2) is 0 Å². The molecule has 7 heteroatoms. The van der Waals surface area contributed by atoms with E-state index in [-0.39, 0.29) is 12.2 Å². The molecule has 0 aliphatic carbocycles. The first-order chi connectivity index (χ1) is 9.67. The number of aryl methyl sites for hydroxylation is 1. The highest BCUT2D eigenvalue weighted by Gasteiger charge is 2.11. The first kappa shape index (κ1) is 15.1. The summed E-state index contributed by atoms with van der Waals surface area (Å²) in [6.07, 6.45) is 1.80. The van der Waals surface area contributed by atoms with Crippen molar-refractivity contribution in [2.45, 2.75) is 33.2 Å². The number of nitrogens with zero attached hydrogens (tertiary/aromatic N) is 4. The second kappa shape index (κ2) is 6.92. The fourth-order valence-electron chi connectivity index (χ4n) is 2.08. The fourth-order valence-corrected chi connectivity index (χ4v) is 2.93. The predicted octanol–water partition coefficient (Wildman–Crippen LogP) is 0.918. The summed E-state index contributed by atoms with van der Waals surface area (Å²) in [5.41, 5.74) is 0.601. The van der Waals surface area contributed by atoms with Gasteiger partial charge in [0.1, 0.15) is 5.01 Å². The summed E-state index contributed by atoms with van der Waals surface area (Å²) in [6.45, 7) is 6.27. The summed E-state index contributed by atoms with van der Waals surface area (Å²) in [6, 6.07) is 1.53. The third-order valence-electron chi connectivity index (χ3n) is 2.98. The molecule has 0 bridgehead atoms. The number of aliphatic hydroxyl groups excluding tert-OH is 1. The fraction of sp³-hybridized carbons (Fsp3) is 0.615. The van der Waals surface area contributed by atoms with E-state index < -0.39 is 0 Å². The van der Waals surface area contributed by atoms with Crippen molar-refractivity contribution in [1.82, 2.24) is 19.5 Å². The largest absolute Gasteiger partial charge is 0.395 e. The number of fused-ring (bicyclic) bond motifs is 1. The number of aromatic nitrogens is 3. The third kappa shape index (κ3) is 3.41. The molecule has 1 N–H and O–H groups in total. The molecule has 0 fully saturated rings. The van der Waals surface area contributed by atoms with Crippen LogP contribution < -0.4 is 5.56 Å². The van der Waals surface area contributed by atoms with Gasteiger partial charge in [-0.15, -0.1) is 0 Å². The summed E-state index contributed by atoms with van der Waals surface area (Å²) in [5, 5.41) is 14.2. The van der Waals surface area contributed by atoms with E-state index in [1.807, 2.05) is 6.92 Å². The highest BCUT2D eigenvalue weighted by molar-refractivity contribution is 7.16. The van der Waals surface area contributed by atoms with E-state index in [0.29, 0.717) is 18.1 Å². The van der Waals surface area contributed by atoms with Crippen LogP contribution in [0.15, 0.2) is 10.9 Å². The van der Waals surface area contributed by atoms with Crippen LogP contribution >= 0.6 is 11.3 Å². The zero-order valence-corrected chi connectivity index (χ0v) is 12.7. The van der Waals surface area contributed by atoms with Crippen LogP contribution in [0.5, 0.6) is 0 Å². The van der Waals surface area contributed by atoms with Crippen molar-refractivity contribution in [2.24, 2.45) is 0 Å². The first-order valence-corrected chi connectivity index (χ1v) is 7.71. The lowest BCUT2D eigenvalue weighted by molar-refractivity contribution is 0.189. The molecule has 0 saturated heterocycles. The minimum atomic E-state index is -0.138. The Morgan fingerprint density at radius 1 is 1.40 bits per heavy atom. The molecule has 0 aliphatic rings. The van der Waals surface area contributed by atoms with E-state index in [2.05, 4.69) is 21.9 Å². The molecule has 2 rings (SSSR count). The highest BCUT2D eigenvalue weighted by Crippen LogP contribution is 2.12. The molecular weight excluding hydrogens is 276 g/mol. The van der Waals surface area contributed by atoms with Crippen LogP contribution in [0.4, 0.5) is 0 Å². The van der Waals surface area contributed by atoms with Gasteiger partial charge in [0.2, 0.25) is 4.96 Å². The molecule has 0 aliphatic heterocycles. The van der Waals surface area contributed by atoms with Crippen molar-refractivity contribution < 1.29 is 5.11 Å². The smallest absolute Gasteiger partial charge is 0.275 e. The Morgan fingerprint density at radius 2 is 2.20 bits per heavy atom. The van der Waals surface area contributed by atoms with Gasteiger partial charge in [0.25, 0.3) is 5.56 Å². The Hall–Kier alpha value is -1.31. The Morgan fingerprint density at radius 3 is 2.85 bits per heavy atom. The van der Waals surface area contributed by atoms with Gasteiger partial charge in [-0.05, 0) is 19.4 Å². The van der Waals surface area contributed by atoms with Gasteiger partial charge in [-0.1, -0.05) is 25.2 Å². The molecule has 0 saturated carbocycles. The number of hydrogen-bond acceptors (Lipinski definition) is 6. The normalized spacial score (nSPS) is 11.6. The maximum Gasteiger partial charge on any atom is 0.275 e. The summed E-state index contributed by atoms with van der Waals surface area (Å²) in [4.78, 5) is 19.3. The standard InChI is InChI=1S/C13H20N4O2S/c1-3-5-16(6-7-18)9-10-8-12(19)17-13(14-10)20-11(4-2)15-17/h8,18H,3-7,9H2,1-2H3. The van der Waals surface area contributed by atoms with Gasteiger partial charge in [-0.2, -0.15) is 9.61 Å². The first-order valence-electron chi connectivity index (χ1n) is 6.89. The minimum absolute atomic E-state index is 0.113. The average molecular weight is 296 g/mol. The molecular formula is C13H20N4O2S. The van der Waals surface area contributed by atoms with E-state index in [4.69, 9.17) is 5.11 Å². The maximum absolute atomic E-state index is 12.0. The van der Waals surface area contributed by atoms with Gasteiger partial charge in [0, 0.05) is 19.2 Å². The summed E-state index contributed by atoms with van der Waals surface area (Å²) in [7, 11) is 0. The van der Waals surface area contributed by atoms with Crippen molar-refractivity contribution in [2.75, 3.05) is 19.7 Å². The quantitative estimate of drug-likeness (QED) is 0.822. The SMILES string of the molecule is CCCN(CCO)Cc1cc(=O)n2nc(CC)sc2n1. The third-order valence-corrected chi connectivity index (χ3v) is 4.04. The van der Waals surface area contributed by atoms with Gasteiger partial charge in [-0.25, -0.2) is 4.98 Å². The maximum atomic E-state index is 12.0. The van der Waals surface area contributed by atoms with Gasteiger partial charge in [0.05, 0.1) is 12.3 Å². The van der Waals surface area contributed by atoms with Crippen LogP contribution in [-0.4, -0.2) is 44.3 Å². The van der Waals surface area contributed by atoms with Gasteiger partial charge >= 0.3 is 0 Å². The highest BCUT2D eigenvalue weighted by atomic mass is 32.1. The topological polar surface area (TPSA) is 70.7 Å². The zero-order valence-electron chi connectivity index (χ0n) is 11.9. The summed E-state index contributed by atoms with van der Waals surface area (Å²) in [5.74, 6) is 0. The molecule has 0 spiro atoms. The van der Waals surface area contributed by atoms with Crippen LogP contribution in [0.2, 0.25) is 0 Å². The molecule has 20 heavy (non-hydrogen) atoms. The summed E-state index contributed by atoms with van der Waals surface area (Å²) < 4.78 is 1.36. The van der Waals surface area contributed by atoms with Crippen molar-refractivity contribution in [1.29, 1.82) is 0 Å². The molecule has 2 aromatic rings. The van der Waals surface area contributed by atoms with E-state index in [1.165, 1.54) is 21.9 Å². The van der Waals surface area contributed by atoms with Crippen LogP contribution in [0.25, 0.3) is 4.96 Å². The number of rotatable bonds is 7. The van der Waals surface area contributed by atoms with Crippen LogP contribution in [0.1, 0.15) is 31.0 Å². The predicted molar refractivity (Wildman–Crippen MR) is 79.2 cm³/mol. The zero-order chi connectivity index (χ0) is 14.5. The van der Waals surface area contributed by atoms with Crippen molar-refractivity contribution in [3.05, 3.63) is 27.1 Å². The van der Waals surface area contributed by atoms with Crippen molar-refractivity contribution in [3.8, 4) is 0 Å². The Balaban J connectivity index is 2.27. The monoisotopic (exact) mass is 296 g/mol. The van der Waals surface area contributed by atoms with Crippen LogP contribution in [0, 0.1) is 0 Å².